The first-order valence-corrected chi connectivity index (χ1v) is 10.4. The fourth-order valence-corrected chi connectivity index (χ4v) is 3.54. The SMILES string of the molecule is Cc1ccc(C)c(CC(=O)N(Cc2ccc(Cl)cc2Cl)[C@H](C)C(=O)NC(C)C)c1. The van der Waals surface area contributed by atoms with Crippen LogP contribution in [0.2, 0.25) is 10.0 Å². The quantitative estimate of drug-likeness (QED) is 0.658. The van der Waals surface area contributed by atoms with Gasteiger partial charge in [0.1, 0.15) is 6.04 Å². The molecule has 0 fully saturated rings. The summed E-state index contributed by atoms with van der Waals surface area (Å²) in [7, 11) is 0. The molecule has 2 amide bonds. The van der Waals surface area contributed by atoms with E-state index in [9.17, 15) is 9.59 Å². The molecule has 0 bridgehead atoms. The third-order valence-electron chi connectivity index (χ3n) is 4.80. The van der Waals surface area contributed by atoms with Crippen molar-refractivity contribution in [2.45, 2.75) is 59.7 Å². The molecule has 0 aromatic heterocycles. The van der Waals surface area contributed by atoms with Gasteiger partial charge in [0.25, 0.3) is 0 Å². The van der Waals surface area contributed by atoms with Gasteiger partial charge in [-0.1, -0.05) is 53.0 Å². The van der Waals surface area contributed by atoms with Crippen LogP contribution in [0.1, 0.15) is 43.0 Å². The molecule has 156 valence electrons. The lowest BCUT2D eigenvalue weighted by atomic mass is 10.0. The largest absolute Gasteiger partial charge is 0.352 e. The monoisotopic (exact) mass is 434 g/mol. The second-order valence-corrected chi connectivity index (χ2v) is 8.55. The van der Waals surface area contributed by atoms with Gasteiger partial charge in [-0.3, -0.25) is 9.59 Å². The molecule has 0 unspecified atom stereocenters. The maximum atomic E-state index is 13.3. The van der Waals surface area contributed by atoms with Crippen LogP contribution in [0.5, 0.6) is 0 Å². The van der Waals surface area contributed by atoms with Gasteiger partial charge in [-0.15, -0.1) is 0 Å². The summed E-state index contributed by atoms with van der Waals surface area (Å²) in [4.78, 5) is 27.5. The predicted molar refractivity (Wildman–Crippen MR) is 119 cm³/mol. The molecule has 2 aromatic carbocycles. The summed E-state index contributed by atoms with van der Waals surface area (Å²) in [5, 5.41) is 3.88. The summed E-state index contributed by atoms with van der Waals surface area (Å²) in [6, 6.07) is 10.6. The van der Waals surface area contributed by atoms with Gasteiger partial charge in [0.2, 0.25) is 11.8 Å². The number of hydrogen-bond donors (Lipinski definition) is 1. The lowest BCUT2D eigenvalue weighted by molar-refractivity contribution is -0.140. The van der Waals surface area contributed by atoms with E-state index in [0.717, 1.165) is 22.3 Å². The highest BCUT2D eigenvalue weighted by atomic mass is 35.5. The fraction of sp³-hybridized carbons (Fsp3) is 0.391. The average molecular weight is 435 g/mol. The van der Waals surface area contributed by atoms with Crippen LogP contribution in [-0.4, -0.2) is 28.8 Å². The zero-order chi connectivity index (χ0) is 21.7. The number of carbonyl (C=O) groups excluding carboxylic acids is 2. The van der Waals surface area contributed by atoms with Crippen molar-refractivity contribution in [1.82, 2.24) is 10.2 Å². The Bertz CT molecular complexity index is 896. The summed E-state index contributed by atoms with van der Waals surface area (Å²) in [6.45, 7) is 9.73. The summed E-state index contributed by atoms with van der Waals surface area (Å²) < 4.78 is 0. The van der Waals surface area contributed by atoms with Crippen molar-refractivity contribution >= 4 is 35.0 Å². The summed E-state index contributed by atoms with van der Waals surface area (Å²) in [6.07, 6.45) is 0.220. The van der Waals surface area contributed by atoms with Gasteiger partial charge < -0.3 is 10.2 Å². The summed E-state index contributed by atoms with van der Waals surface area (Å²) in [5.41, 5.74) is 3.84. The van der Waals surface area contributed by atoms with Crippen LogP contribution in [0.25, 0.3) is 0 Å². The van der Waals surface area contributed by atoms with E-state index in [-0.39, 0.29) is 30.8 Å². The smallest absolute Gasteiger partial charge is 0.242 e. The number of amides is 2. The summed E-state index contributed by atoms with van der Waals surface area (Å²) in [5.74, 6) is -0.324. The van der Waals surface area contributed by atoms with E-state index >= 15 is 0 Å². The third-order valence-corrected chi connectivity index (χ3v) is 5.39. The maximum absolute atomic E-state index is 13.3. The Balaban J connectivity index is 2.33. The van der Waals surface area contributed by atoms with Crippen LogP contribution in [0.3, 0.4) is 0 Å². The van der Waals surface area contributed by atoms with Crippen LogP contribution >= 0.6 is 23.2 Å². The Morgan fingerprint density at radius 3 is 2.31 bits per heavy atom. The molecule has 0 aliphatic heterocycles. The number of benzene rings is 2. The van der Waals surface area contributed by atoms with Gasteiger partial charge in [-0.25, -0.2) is 0 Å². The average Bonchev–Trinajstić information content (AvgIpc) is 2.63. The van der Waals surface area contributed by atoms with E-state index in [1.165, 1.54) is 0 Å². The number of hydrogen-bond acceptors (Lipinski definition) is 2. The van der Waals surface area contributed by atoms with Gasteiger partial charge in [0.15, 0.2) is 0 Å². The highest BCUT2D eigenvalue weighted by molar-refractivity contribution is 6.35. The normalized spacial score (nSPS) is 12.0. The van der Waals surface area contributed by atoms with E-state index in [0.29, 0.717) is 10.0 Å². The molecular weight excluding hydrogens is 407 g/mol. The number of carbonyl (C=O) groups is 2. The molecule has 4 nitrogen and oxygen atoms in total. The van der Waals surface area contributed by atoms with Crippen LogP contribution in [-0.2, 0) is 22.6 Å². The van der Waals surface area contributed by atoms with Gasteiger partial charge in [-0.2, -0.15) is 0 Å². The van der Waals surface area contributed by atoms with Crippen molar-refractivity contribution < 1.29 is 9.59 Å². The molecule has 29 heavy (non-hydrogen) atoms. The molecule has 1 N–H and O–H groups in total. The predicted octanol–water partition coefficient (Wildman–Crippen LogP) is 5.09. The molecule has 2 rings (SSSR count). The van der Waals surface area contributed by atoms with E-state index in [2.05, 4.69) is 5.32 Å². The molecule has 0 aliphatic rings. The third kappa shape index (κ3) is 6.48. The molecule has 0 saturated carbocycles. The molecule has 0 saturated heterocycles. The van der Waals surface area contributed by atoms with Crippen molar-refractivity contribution in [1.29, 1.82) is 0 Å². The lowest BCUT2D eigenvalue weighted by Gasteiger charge is -2.30. The molecule has 0 heterocycles. The van der Waals surface area contributed by atoms with Crippen LogP contribution in [0, 0.1) is 13.8 Å². The van der Waals surface area contributed by atoms with E-state index < -0.39 is 6.04 Å². The molecule has 1 atom stereocenters. The topological polar surface area (TPSA) is 49.4 Å². The van der Waals surface area contributed by atoms with Crippen molar-refractivity contribution in [3.63, 3.8) is 0 Å². The molecule has 0 radical (unpaired) electrons. The molecular formula is C23H28Cl2N2O2. The Hall–Kier alpha value is -2.04. The number of halogens is 2. The first-order chi connectivity index (χ1) is 13.6. The highest BCUT2D eigenvalue weighted by Gasteiger charge is 2.27. The van der Waals surface area contributed by atoms with E-state index in [4.69, 9.17) is 23.2 Å². The Morgan fingerprint density at radius 1 is 1.00 bits per heavy atom. The number of aryl methyl sites for hydroxylation is 2. The zero-order valence-corrected chi connectivity index (χ0v) is 19.1. The lowest BCUT2D eigenvalue weighted by Crippen LogP contribution is -2.49. The second-order valence-electron chi connectivity index (χ2n) is 7.70. The van der Waals surface area contributed by atoms with Gasteiger partial charge in [0, 0.05) is 22.6 Å². The highest BCUT2D eigenvalue weighted by Crippen LogP contribution is 2.24. The van der Waals surface area contributed by atoms with Crippen molar-refractivity contribution in [2.75, 3.05) is 0 Å². The maximum Gasteiger partial charge on any atom is 0.242 e. The summed E-state index contributed by atoms with van der Waals surface area (Å²) >= 11 is 12.3. The van der Waals surface area contributed by atoms with Crippen LogP contribution < -0.4 is 5.32 Å². The molecule has 0 aliphatic carbocycles. The fourth-order valence-electron chi connectivity index (χ4n) is 3.08. The number of nitrogens with zero attached hydrogens (tertiary/aromatic N) is 1. The van der Waals surface area contributed by atoms with Crippen LogP contribution in [0.15, 0.2) is 36.4 Å². The van der Waals surface area contributed by atoms with Crippen LogP contribution in [0.4, 0.5) is 0 Å². The van der Waals surface area contributed by atoms with Crippen molar-refractivity contribution in [3.05, 3.63) is 68.7 Å². The molecule has 6 heteroatoms. The molecule has 0 spiro atoms. The van der Waals surface area contributed by atoms with Crippen molar-refractivity contribution in [3.8, 4) is 0 Å². The minimum atomic E-state index is -0.637. The first kappa shape index (κ1) is 23.2. The number of rotatable bonds is 7. The van der Waals surface area contributed by atoms with E-state index in [1.54, 1.807) is 30.0 Å². The van der Waals surface area contributed by atoms with Gasteiger partial charge >= 0.3 is 0 Å². The number of nitrogens with one attached hydrogen (secondary N) is 1. The van der Waals surface area contributed by atoms with E-state index in [1.807, 2.05) is 45.9 Å². The Labute approximate surface area is 183 Å². The Kier molecular flexibility index (Phi) is 8.12. The molecule has 2 aromatic rings. The van der Waals surface area contributed by atoms with Crippen molar-refractivity contribution in [2.24, 2.45) is 0 Å². The standard InChI is InChI=1S/C23H28Cl2N2O2/c1-14(2)26-23(29)17(5)27(13-18-8-9-20(24)12-21(18)25)22(28)11-19-10-15(3)6-7-16(19)4/h6-10,12,14,17H,11,13H2,1-5H3,(H,26,29)/t17-/m1/s1. The first-order valence-electron chi connectivity index (χ1n) is 9.68. The van der Waals surface area contributed by atoms with Gasteiger partial charge in [-0.05, 0) is 63.4 Å². The van der Waals surface area contributed by atoms with Gasteiger partial charge in [0.05, 0.1) is 6.42 Å². The second kappa shape index (κ2) is 10.1. The minimum Gasteiger partial charge on any atom is -0.352 e. The minimum absolute atomic E-state index is 0.0139. The Morgan fingerprint density at radius 2 is 1.69 bits per heavy atom. The zero-order valence-electron chi connectivity index (χ0n) is 17.6.